The maximum Gasteiger partial charge on any atom is 0.240 e. The Balaban J connectivity index is 2.09. The normalized spacial score (nSPS) is 14.8. The van der Waals surface area contributed by atoms with Crippen LogP contribution in [0.5, 0.6) is 0 Å². The molecule has 0 spiro atoms. The number of benzene rings is 1. The molecule has 138 valence electrons. The molecule has 0 radical (unpaired) electrons. The maximum absolute atomic E-state index is 12.4. The number of carbonyl (C=O) groups excluding carboxylic acids is 1. The van der Waals surface area contributed by atoms with Crippen molar-refractivity contribution in [3.63, 3.8) is 0 Å². The first-order chi connectivity index (χ1) is 11.6. The summed E-state index contributed by atoms with van der Waals surface area (Å²) in [6, 6.07) is 4.49. The first-order valence-electron chi connectivity index (χ1n) is 7.51. The van der Waals surface area contributed by atoms with Gasteiger partial charge in [-0.3, -0.25) is 4.79 Å². The first-order valence-corrected chi connectivity index (χ1v) is 10.8. The third-order valence-corrected chi connectivity index (χ3v) is 6.62. The van der Waals surface area contributed by atoms with Gasteiger partial charge in [0.2, 0.25) is 26.0 Å². The molecule has 1 aliphatic rings. The zero-order valence-electron chi connectivity index (χ0n) is 14.1. The number of sulfonamides is 2. The molecule has 0 aromatic heterocycles. The van der Waals surface area contributed by atoms with Gasteiger partial charge in [0.05, 0.1) is 17.6 Å². The molecular formula is C15H21N3O5S2. The van der Waals surface area contributed by atoms with E-state index in [1.807, 2.05) is 0 Å². The van der Waals surface area contributed by atoms with E-state index in [0.29, 0.717) is 11.3 Å². The van der Waals surface area contributed by atoms with Gasteiger partial charge >= 0.3 is 0 Å². The lowest BCUT2D eigenvalue weighted by Crippen LogP contribution is -2.38. The second-order valence-corrected chi connectivity index (χ2v) is 9.48. The molecule has 25 heavy (non-hydrogen) atoms. The lowest BCUT2D eigenvalue weighted by atomic mass is 10.2. The molecule has 2 rings (SSSR count). The van der Waals surface area contributed by atoms with Crippen molar-refractivity contribution in [3.8, 4) is 0 Å². The molecule has 0 atom stereocenters. The van der Waals surface area contributed by atoms with Crippen LogP contribution < -0.4 is 9.62 Å². The molecule has 0 saturated heterocycles. The summed E-state index contributed by atoms with van der Waals surface area (Å²) in [5.41, 5.74) is 1.35. The highest BCUT2D eigenvalue weighted by Gasteiger charge is 2.26. The van der Waals surface area contributed by atoms with Gasteiger partial charge in [-0.25, -0.2) is 21.6 Å². The van der Waals surface area contributed by atoms with Crippen molar-refractivity contribution in [3.05, 3.63) is 36.4 Å². The van der Waals surface area contributed by atoms with Crippen molar-refractivity contribution >= 4 is 31.6 Å². The van der Waals surface area contributed by atoms with Crippen LogP contribution >= 0.6 is 0 Å². The number of likely N-dealkylation sites (N-methyl/N-ethyl adjacent to an activating group) is 1. The predicted octanol–water partition coefficient (Wildman–Crippen LogP) is -0.0686. The van der Waals surface area contributed by atoms with E-state index in [-0.39, 0.29) is 36.9 Å². The molecule has 0 saturated carbocycles. The summed E-state index contributed by atoms with van der Waals surface area (Å²) >= 11 is 0. The standard InChI is InChI=1S/C15H21N3O5S2/c1-4-8-18(24(3,20)21)9-7-16-25(22,23)13-5-6-14-12(10-13)11-15(19)17(14)2/h4-6,10,16H,1,7-9,11H2,2-3H3. The topological polar surface area (TPSA) is 104 Å². The molecule has 0 unspecified atom stereocenters. The van der Waals surface area contributed by atoms with Crippen LogP contribution in [0.25, 0.3) is 0 Å². The van der Waals surface area contributed by atoms with Gasteiger partial charge in [-0.1, -0.05) is 6.08 Å². The van der Waals surface area contributed by atoms with Crippen LogP contribution in [-0.4, -0.2) is 60.0 Å². The average Bonchev–Trinajstić information content (AvgIpc) is 2.80. The fourth-order valence-electron chi connectivity index (χ4n) is 2.54. The zero-order chi connectivity index (χ0) is 18.8. The van der Waals surface area contributed by atoms with Crippen LogP contribution in [0, 0.1) is 0 Å². The Kier molecular flexibility index (Phi) is 5.67. The van der Waals surface area contributed by atoms with Crippen LogP contribution in [0.3, 0.4) is 0 Å². The molecule has 1 heterocycles. The summed E-state index contributed by atoms with van der Waals surface area (Å²) < 4.78 is 51.5. The highest BCUT2D eigenvalue weighted by atomic mass is 32.2. The molecule has 1 aliphatic heterocycles. The molecule has 0 bridgehead atoms. The lowest BCUT2D eigenvalue weighted by Gasteiger charge is -2.18. The summed E-state index contributed by atoms with van der Waals surface area (Å²) in [5, 5.41) is 0. The minimum absolute atomic E-state index is 0.00372. The highest BCUT2D eigenvalue weighted by Crippen LogP contribution is 2.29. The Morgan fingerprint density at radius 2 is 2.00 bits per heavy atom. The monoisotopic (exact) mass is 387 g/mol. The van der Waals surface area contributed by atoms with Gasteiger partial charge in [0, 0.05) is 32.4 Å². The van der Waals surface area contributed by atoms with Crippen LogP contribution in [0.4, 0.5) is 5.69 Å². The number of hydrogen-bond acceptors (Lipinski definition) is 5. The van der Waals surface area contributed by atoms with Crippen molar-refractivity contribution in [1.29, 1.82) is 0 Å². The van der Waals surface area contributed by atoms with E-state index in [1.165, 1.54) is 23.1 Å². The quantitative estimate of drug-likeness (QED) is 0.629. The van der Waals surface area contributed by atoms with Crippen LogP contribution in [0.1, 0.15) is 5.56 Å². The third kappa shape index (κ3) is 4.46. The number of nitrogens with zero attached hydrogens (tertiary/aromatic N) is 2. The second kappa shape index (κ2) is 7.24. The second-order valence-electron chi connectivity index (χ2n) is 5.73. The maximum atomic E-state index is 12.4. The highest BCUT2D eigenvalue weighted by molar-refractivity contribution is 7.89. The van der Waals surface area contributed by atoms with Crippen LogP contribution in [0.15, 0.2) is 35.7 Å². The van der Waals surface area contributed by atoms with Crippen molar-refractivity contribution in [2.24, 2.45) is 0 Å². The fraction of sp³-hybridized carbons (Fsp3) is 0.400. The summed E-state index contributed by atoms with van der Waals surface area (Å²) in [4.78, 5) is 13.2. The molecule has 8 nitrogen and oxygen atoms in total. The summed E-state index contributed by atoms with van der Waals surface area (Å²) in [6.07, 6.45) is 2.65. The molecular weight excluding hydrogens is 366 g/mol. The fourth-order valence-corrected chi connectivity index (χ4v) is 4.41. The van der Waals surface area contributed by atoms with E-state index in [0.717, 1.165) is 10.6 Å². The minimum atomic E-state index is -3.80. The summed E-state index contributed by atoms with van der Waals surface area (Å²) in [7, 11) is -5.61. The summed E-state index contributed by atoms with van der Waals surface area (Å²) in [6.45, 7) is 3.52. The van der Waals surface area contributed by atoms with Crippen molar-refractivity contribution in [2.75, 3.05) is 37.8 Å². The van der Waals surface area contributed by atoms with Crippen LogP contribution in [0.2, 0.25) is 0 Å². The van der Waals surface area contributed by atoms with E-state index in [9.17, 15) is 21.6 Å². The van der Waals surface area contributed by atoms with Gasteiger partial charge in [0.15, 0.2) is 0 Å². The number of carbonyl (C=O) groups is 1. The molecule has 1 aromatic carbocycles. The Hall–Kier alpha value is -1.75. The molecule has 10 heteroatoms. The third-order valence-electron chi connectivity index (χ3n) is 3.89. The van der Waals surface area contributed by atoms with Gasteiger partial charge < -0.3 is 4.90 Å². The number of amides is 1. The smallest absolute Gasteiger partial charge is 0.240 e. The largest absolute Gasteiger partial charge is 0.315 e. The average molecular weight is 387 g/mol. The minimum Gasteiger partial charge on any atom is -0.315 e. The summed E-state index contributed by atoms with van der Waals surface area (Å²) in [5.74, 6) is -0.0919. The SMILES string of the molecule is C=CCN(CCNS(=O)(=O)c1ccc2c(c1)CC(=O)N2C)S(C)(=O)=O. The van der Waals surface area contributed by atoms with E-state index in [1.54, 1.807) is 13.1 Å². The number of hydrogen-bond donors (Lipinski definition) is 1. The van der Waals surface area contributed by atoms with Crippen molar-refractivity contribution in [2.45, 2.75) is 11.3 Å². The van der Waals surface area contributed by atoms with Gasteiger partial charge in [0.25, 0.3) is 0 Å². The van der Waals surface area contributed by atoms with E-state index in [2.05, 4.69) is 11.3 Å². The van der Waals surface area contributed by atoms with Gasteiger partial charge in [-0.2, -0.15) is 4.31 Å². The molecule has 1 aromatic rings. The van der Waals surface area contributed by atoms with Crippen molar-refractivity contribution in [1.82, 2.24) is 9.03 Å². The zero-order valence-corrected chi connectivity index (χ0v) is 15.7. The van der Waals surface area contributed by atoms with E-state index < -0.39 is 20.0 Å². The molecule has 1 N–H and O–H groups in total. The Morgan fingerprint density at radius 1 is 1.32 bits per heavy atom. The number of nitrogens with one attached hydrogen (secondary N) is 1. The molecule has 1 amide bonds. The van der Waals surface area contributed by atoms with E-state index >= 15 is 0 Å². The van der Waals surface area contributed by atoms with Gasteiger partial charge in [-0.05, 0) is 23.8 Å². The molecule has 0 fully saturated rings. The Bertz CT molecular complexity index is 894. The Morgan fingerprint density at radius 3 is 2.60 bits per heavy atom. The predicted molar refractivity (Wildman–Crippen MR) is 95.4 cm³/mol. The number of fused-ring (bicyclic) bond motifs is 1. The first kappa shape index (κ1) is 19.6. The Labute approximate surface area is 148 Å². The van der Waals surface area contributed by atoms with Crippen LogP contribution in [-0.2, 0) is 31.3 Å². The van der Waals surface area contributed by atoms with Gasteiger partial charge in [0.1, 0.15) is 0 Å². The van der Waals surface area contributed by atoms with E-state index in [4.69, 9.17) is 0 Å². The number of anilines is 1. The lowest BCUT2D eigenvalue weighted by molar-refractivity contribution is -0.117. The van der Waals surface area contributed by atoms with Crippen molar-refractivity contribution < 1.29 is 21.6 Å². The number of rotatable bonds is 8. The van der Waals surface area contributed by atoms with Gasteiger partial charge in [-0.15, -0.1) is 6.58 Å². The molecule has 0 aliphatic carbocycles.